The first-order valence-corrected chi connectivity index (χ1v) is 10.3. The number of nitrogens with zero attached hydrogens (tertiary/aromatic N) is 2. The summed E-state index contributed by atoms with van der Waals surface area (Å²) in [6.45, 7) is 1.93. The Morgan fingerprint density at radius 3 is 2.19 bits per heavy atom. The summed E-state index contributed by atoms with van der Waals surface area (Å²) in [4.78, 5) is 16.5. The number of urea groups is 1. The minimum absolute atomic E-state index is 0.00953. The van der Waals surface area contributed by atoms with Crippen LogP contribution in [0.4, 0.5) is 16.2 Å². The monoisotopic (exact) mass is 372 g/mol. The summed E-state index contributed by atoms with van der Waals surface area (Å²) in [5.41, 5.74) is 2.39. The predicted octanol–water partition coefficient (Wildman–Crippen LogP) is 2.62. The first-order valence-electron chi connectivity index (χ1n) is 8.44. The van der Waals surface area contributed by atoms with Crippen molar-refractivity contribution in [2.75, 3.05) is 28.4 Å². The minimum Gasteiger partial charge on any atom is -0.497 e. The van der Waals surface area contributed by atoms with Gasteiger partial charge in [-0.1, -0.05) is 18.2 Å². The first kappa shape index (κ1) is 16.9. The molecule has 2 saturated heterocycles. The second-order valence-electron chi connectivity index (χ2n) is 6.72. The zero-order valence-corrected chi connectivity index (χ0v) is 15.4. The number of sulfone groups is 1. The Morgan fingerprint density at radius 1 is 0.962 bits per heavy atom. The van der Waals surface area contributed by atoms with Crippen LogP contribution in [0.3, 0.4) is 0 Å². The van der Waals surface area contributed by atoms with E-state index in [4.69, 9.17) is 4.74 Å². The summed E-state index contributed by atoms with van der Waals surface area (Å²) in [5.74, 6) is 0.661. The van der Waals surface area contributed by atoms with Crippen LogP contribution in [0.25, 0.3) is 0 Å². The number of ether oxygens (including phenoxy) is 1. The van der Waals surface area contributed by atoms with Gasteiger partial charge in [0.1, 0.15) is 5.75 Å². The normalized spacial score (nSPS) is 24.0. The molecule has 0 aromatic heterocycles. The molecule has 136 valence electrons. The Kier molecular flexibility index (Phi) is 3.91. The molecule has 0 unspecified atom stereocenters. The Labute approximate surface area is 152 Å². The lowest BCUT2D eigenvalue weighted by molar-refractivity contribution is 0.255. The fraction of sp³-hybridized carbons (Fsp3) is 0.316. The maximum absolute atomic E-state index is 13.3. The molecule has 2 aromatic rings. The minimum atomic E-state index is -3.20. The molecule has 4 rings (SSSR count). The summed E-state index contributed by atoms with van der Waals surface area (Å²) in [5, 5.41) is 0. The van der Waals surface area contributed by atoms with E-state index in [2.05, 4.69) is 0 Å². The van der Waals surface area contributed by atoms with Crippen LogP contribution in [0, 0.1) is 6.92 Å². The third-order valence-electron chi connectivity index (χ3n) is 5.09. The first-order chi connectivity index (χ1) is 12.4. The van der Waals surface area contributed by atoms with E-state index < -0.39 is 9.84 Å². The van der Waals surface area contributed by atoms with Gasteiger partial charge < -0.3 is 4.74 Å². The average molecular weight is 372 g/mol. The van der Waals surface area contributed by atoms with Gasteiger partial charge in [-0.2, -0.15) is 0 Å². The SMILES string of the molecule is COc1ccc(N2C(=O)N(c3ccccc3C)[C@H]3CS(=O)(=O)C[C@H]32)cc1. The van der Waals surface area contributed by atoms with Gasteiger partial charge in [-0.25, -0.2) is 13.2 Å². The van der Waals surface area contributed by atoms with Gasteiger partial charge in [-0.3, -0.25) is 9.80 Å². The lowest BCUT2D eigenvalue weighted by Crippen LogP contribution is -2.38. The van der Waals surface area contributed by atoms with Crippen molar-refractivity contribution >= 4 is 27.2 Å². The van der Waals surface area contributed by atoms with E-state index in [-0.39, 0.29) is 29.6 Å². The number of hydrogen-bond donors (Lipinski definition) is 0. The lowest BCUT2D eigenvalue weighted by Gasteiger charge is -2.24. The van der Waals surface area contributed by atoms with Crippen LogP contribution in [0.15, 0.2) is 48.5 Å². The van der Waals surface area contributed by atoms with Crippen LogP contribution in [-0.2, 0) is 9.84 Å². The molecule has 6 nitrogen and oxygen atoms in total. The van der Waals surface area contributed by atoms with Gasteiger partial charge in [0, 0.05) is 11.4 Å². The van der Waals surface area contributed by atoms with E-state index in [0.29, 0.717) is 11.4 Å². The van der Waals surface area contributed by atoms with Gasteiger partial charge in [0.2, 0.25) is 0 Å². The van der Waals surface area contributed by atoms with Gasteiger partial charge in [-0.05, 0) is 42.8 Å². The van der Waals surface area contributed by atoms with Crippen molar-refractivity contribution in [3.05, 3.63) is 54.1 Å². The predicted molar refractivity (Wildman–Crippen MR) is 101 cm³/mol. The Bertz CT molecular complexity index is 956. The number of rotatable bonds is 3. The molecule has 2 aliphatic rings. The van der Waals surface area contributed by atoms with E-state index in [9.17, 15) is 13.2 Å². The lowest BCUT2D eigenvalue weighted by atomic mass is 10.1. The highest BCUT2D eigenvalue weighted by molar-refractivity contribution is 7.91. The summed E-state index contributed by atoms with van der Waals surface area (Å²) in [6.07, 6.45) is 0. The second kappa shape index (κ2) is 6.02. The molecule has 7 heteroatoms. The largest absolute Gasteiger partial charge is 0.497 e. The molecule has 0 N–H and O–H groups in total. The van der Waals surface area contributed by atoms with Crippen LogP contribution in [-0.4, -0.2) is 45.1 Å². The highest BCUT2D eigenvalue weighted by atomic mass is 32.2. The molecule has 0 saturated carbocycles. The van der Waals surface area contributed by atoms with Crippen molar-refractivity contribution in [3.63, 3.8) is 0 Å². The third kappa shape index (κ3) is 2.63. The summed E-state index contributed by atoms with van der Waals surface area (Å²) in [6, 6.07) is 13.7. The highest BCUT2D eigenvalue weighted by Gasteiger charge is 2.54. The number of carbonyl (C=O) groups is 1. The zero-order valence-electron chi connectivity index (χ0n) is 14.6. The molecule has 2 heterocycles. The van der Waals surface area contributed by atoms with Gasteiger partial charge in [-0.15, -0.1) is 0 Å². The van der Waals surface area contributed by atoms with Gasteiger partial charge in [0.25, 0.3) is 0 Å². The molecule has 0 bridgehead atoms. The number of amides is 2. The standard InChI is InChI=1S/C19H20N2O4S/c1-13-5-3-4-6-16(13)21-18-12-26(23,24)11-17(18)20(19(21)22)14-7-9-15(25-2)10-8-14/h3-10,17-18H,11-12H2,1-2H3/t17-,18+/m1/s1. The molecule has 26 heavy (non-hydrogen) atoms. The molecule has 0 radical (unpaired) electrons. The average Bonchev–Trinajstić information content (AvgIpc) is 3.05. The number of para-hydroxylation sites is 1. The maximum Gasteiger partial charge on any atom is 0.329 e. The van der Waals surface area contributed by atoms with Gasteiger partial charge in [0.05, 0.1) is 30.7 Å². The fourth-order valence-corrected chi connectivity index (χ4v) is 5.78. The van der Waals surface area contributed by atoms with Gasteiger partial charge in [0.15, 0.2) is 9.84 Å². The maximum atomic E-state index is 13.3. The van der Waals surface area contributed by atoms with Crippen LogP contribution >= 0.6 is 0 Å². The number of fused-ring (bicyclic) bond motifs is 1. The van der Waals surface area contributed by atoms with Crippen molar-refractivity contribution in [2.45, 2.75) is 19.0 Å². The highest BCUT2D eigenvalue weighted by Crippen LogP contribution is 2.39. The number of hydrogen-bond acceptors (Lipinski definition) is 4. The number of aryl methyl sites for hydroxylation is 1. The molecule has 0 spiro atoms. The van der Waals surface area contributed by atoms with Crippen molar-refractivity contribution in [1.82, 2.24) is 0 Å². The molecule has 2 atom stereocenters. The topological polar surface area (TPSA) is 66.9 Å². The summed E-state index contributed by atoms with van der Waals surface area (Å²) >= 11 is 0. The molecular weight excluding hydrogens is 352 g/mol. The molecular formula is C19H20N2O4S. The van der Waals surface area contributed by atoms with Crippen molar-refractivity contribution < 1.29 is 17.9 Å². The molecule has 2 fully saturated rings. The van der Waals surface area contributed by atoms with Crippen molar-refractivity contribution in [1.29, 1.82) is 0 Å². The molecule has 2 aromatic carbocycles. The number of benzene rings is 2. The van der Waals surface area contributed by atoms with Gasteiger partial charge >= 0.3 is 6.03 Å². The van der Waals surface area contributed by atoms with Crippen LogP contribution in [0.2, 0.25) is 0 Å². The second-order valence-corrected chi connectivity index (χ2v) is 8.87. The smallest absolute Gasteiger partial charge is 0.329 e. The van der Waals surface area contributed by atoms with Crippen molar-refractivity contribution in [3.8, 4) is 5.75 Å². The van der Waals surface area contributed by atoms with E-state index in [1.165, 1.54) is 0 Å². The van der Waals surface area contributed by atoms with Crippen LogP contribution in [0.5, 0.6) is 5.75 Å². The third-order valence-corrected chi connectivity index (χ3v) is 6.79. The van der Waals surface area contributed by atoms with Crippen LogP contribution in [0.1, 0.15) is 5.56 Å². The molecule has 0 aliphatic carbocycles. The van der Waals surface area contributed by atoms with E-state index in [1.54, 1.807) is 41.2 Å². The Morgan fingerprint density at radius 2 is 1.58 bits per heavy atom. The van der Waals surface area contributed by atoms with E-state index >= 15 is 0 Å². The number of carbonyl (C=O) groups excluding carboxylic acids is 1. The molecule has 2 aliphatic heterocycles. The van der Waals surface area contributed by atoms with Crippen LogP contribution < -0.4 is 14.5 Å². The van der Waals surface area contributed by atoms with E-state index in [0.717, 1.165) is 11.3 Å². The Hall–Kier alpha value is -2.54. The Balaban J connectivity index is 1.80. The summed E-state index contributed by atoms with van der Waals surface area (Å²) < 4.78 is 29.8. The van der Waals surface area contributed by atoms with Crippen molar-refractivity contribution in [2.24, 2.45) is 0 Å². The zero-order chi connectivity index (χ0) is 18.5. The number of methoxy groups -OCH3 is 1. The number of anilines is 2. The van der Waals surface area contributed by atoms with E-state index in [1.807, 2.05) is 31.2 Å². The molecule has 2 amide bonds. The fourth-order valence-electron chi connectivity index (χ4n) is 3.86. The summed E-state index contributed by atoms with van der Waals surface area (Å²) in [7, 11) is -1.62. The quantitative estimate of drug-likeness (QED) is 0.777.